The topological polar surface area (TPSA) is 37.8 Å². The highest BCUT2D eigenvalue weighted by Gasteiger charge is 2.10. The van der Waals surface area contributed by atoms with Crippen molar-refractivity contribution in [3.05, 3.63) is 90.3 Å². The van der Waals surface area contributed by atoms with Crippen molar-refractivity contribution in [1.82, 2.24) is 9.97 Å². The third-order valence-corrected chi connectivity index (χ3v) is 4.75. The van der Waals surface area contributed by atoms with Crippen LogP contribution in [-0.4, -0.2) is 9.97 Å². The number of nitrogens with one attached hydrogen (secondary N) is 1. The summed E-state index contributed by atoms with van der Waals surface area (Å²) in [6, 6.07) is 20.9. The molecule has 0 spiro atoms. The van der Waals surface area contributed by atoms with Gasteiger partial charge in [-0.05, 0) is 53.9 Å². The zero-order chi connectivity index (χ0) is 17.3. The molecule has 26 heavy (non-hydrogen) atoms. The van der Waals surface area contributed by atoms with Crippen LogP contribution in [0, 0.1) is 0 Å². The molecular formula is C23H17N3. The molecule has 0 saturated heterocycles. The lowest BCUT2D eigenvalue weighted by Gasteiger charge is -2.13. The van der Waals surface area contributed by atoms with Crippen LogP contribution in [0.3, 0.4) is 0 Å². The second-order valence-corrected chi connectivity index (χ2v) is 6.45. The van der Waals surface area contributed by atoms with Crippen molar-refractivity contribution in [2.24, 2.45) is 0 Å². The van der Waals surface area contributed by atoms with Crippen LogP contribution in [0.4, 0.5) is 11.4 Å². The Morgan fingerprint density at radius 1 is 0.885 bits per heavy atom. The lowest BCUT2D eigenvalue weighted by Crippen LogP contribution is -1.96. The van der Waals surface area contributed by atoms with Crippen molar-refractivity contribution in [2.75, 3.05) is 5.32 Å². The molecule has 0 amide bonds. The number of hydrogen-bond acceptors (Lipinski definition) is 3. The van der Waals surface area contributed by atoms with Crippen molar-refractivity contribution >= 4 is 28.4 Å². The molecule has 0 fully saturated rings. The van der Waals surface area contributed by atoms with E-state index in [2.05, 4.69) is 58.9 Å². The van der Waals surface area contributed by atoms with Gasteiger partial charge in [0, 0.05) is 29.0 Å². The number of aromatic nitrogens is 2. The average molecular weight is 335 g/mol. The minimum atomic E-state index is 0.939. The molecule has 4 aromatic rings. The molecule has 0 unspecified atom stereocenters. The second-order valence-electron chi connectivity index (χ2n) is 6.45. The Labute approximate surface area is 152 Å². The number of benzene rings is 2. The molecular weight excluding hydrogens is 318 g/mol. The highest BCUT2D eigenvalue weighted by molar-refractivity contribution is 5.95. The maximum atomic E-state index is 4.83. The average Bonchev–Trinajstić information content (AvgIpc) is 3.16. The van der Waals surface area contributed by atoms with Crippen LogP contribution >= 0.6 is 0 Å². The fraction of sp³-hybridized carbons (Fsp3) is 0.0435. The summed E-state index contributed by atoms with van der Waals surface area (Å²) in [4.78, 5) is 8.93. The molecule has 3 nitrogen and oxygen atoms in total. The molecule has 0 aliphatic heterocycles. The van der Waals surface area contributed by atoms with Crippen LogP contribution in [0.2, 0.25) is 0 Å². The number of hydrogen-bond donors (Lipinski definition) is 1. The van der Waals surface area contributed by atoms with Crippen LogP contribution in [0.5, 0.6) is 0 Å². The minimum absolute atomic E-state index is 0.939. The number of nitrogens with zero attached hydrogens (tertiary/aromatic N) is 2. The molecule has 0 atom stereocenters. The van der Waals surface area contributed by atoms with Crippen molar-refractivity contribution in [3.8, 4) is 11.3 Å². The maximum Gasteiger partial charge on any atom is 0.0731 e. The van der Waals surface area contributed by atoms with Gasteiger partial charge in [0.05, 0.1) is 16.9 Å². The van der Waals surface area contributed by atoms with Crippen LogP contribution < -0.4 is 5.32 Å². The fourth-order valence-corrected chi connectivity index (χ4v) is 3.43. The van der Waals surface area contributed by atoms with Gasteiger partial charge in [-0.3, -0.25) is 4.98 Å². The smallest absolute Gasteiger partial charge is 0.0731 e. The molecule has 0 saturated carbocycles. The number of para-hydroxylation sites is 1. The molecule has 5 rings (SSSR count). The third-order valence-electron chi connectivity index (χ3n) is 4.75. The standard InChI is InChI=1S/C23H17N3/c1-2-7-21-20(6-1)23(15-22(26-21)17-10-12-24-13-11-17)25-19-9-8-16-4-3-5-18(16)14-19/h1-3,5-15H,4H2,(H,25,26). The molecule has 2 aromatic heterocycles. The van der Waals surface area contributed by atoms with Gasteiger partial charge in [-0.25, -0.2) is 4.98 Å². The summed E-state index contributed by atoms with van der Waals surface area (Å²) in [6.07, 6.45) is 9.02. The van der Waals surface area contributed by atoms with Gasteiger partial charge in [-0.15, -0.1) is 0 Å². The number of pyridine rings is 2. The normalized spacial score (nSPS) is 12.3. The Balaban J connectivity index is 1.63. The van der Waals surface area contributed by atoms with Crippen molar-refractivity contribution in [1.29, 1.82) is 0 Å². The quantitative estimate of drug-likeness (QED) is 0.529. The van der Waals surface area contributed by atoms with E-state index in [1.165, 1.54) is 11.1 Å². The molecule has 2 heterocycles. The van der Waals surface area contributed by atoms with E-state index < -0.39 is 0 Å². The number of allylic oxidation sites excluding steroid dienone is 1. The summed E-state index contributed by atoms with van der Waals surface area (Å²) in [5, 5.41) is 4.71. The first kappa shape index (κ1) is 14.8. The number of rotatable bonds is 3. The van der Waals surface area contributed by atoms with Crippen LogP contribution in [-0.2, 0) is 6.42 Å². The van der Waals surface area contributed by atoms with Gasteiger partial charge in [-0.1, -0.05) is 36.4 Å². The van der Waals surface area contributed by atoms with Crippen molar-refractivity contribution in [3.63, 3.8) is 0 Å². The number of fused-ring (bicyclic) bond motifs is 2. The van der Waals surface area contributed by atoms with Gasteiger partial charge in [0.1, 0.15) is 0 Å². The van der Waals surface area contributed by atoms with E-state index in [1.54, 1.807) is 12.4 Å². The molecule has 1 aliphatic carbocycles. The summed E-state index contributed by atoms with van der Waals surface area (Å²) in [7, 11) is 0. The lowest BCUT2D eigenvalue weighted by molar-refractivity contribution is 1.30. The van der Waals surface area contributed by atoms with E-state index in [4.69, 9.17) is 4.98 Å². The lowest BCUT2D eigenvalue weighted by atomic mass is 10.1. The zero-order valence-electron chi connectivity index (χ0n) is 14.2. The largest absolute Gasteiger partial charge is 0.355 e. The van der Waals surface area contributed by atoms with Crippen molar-refractivity contribution in [2.45, 2.75) is 6.42 Å². The molecule has 124 valence electrons. The van der Waals surface area contributed by atoms with Crippen LogP contribution in [0.25, 0.3) is 28.2 Å². The van der Waals surface area contributed by atoms with Crippen LogP contribution in [0.1, 0.15) is 11.1 Å². The van der Waals surface area contributed by atoms with Gasteiger partial charge in [0.2, 0.25) is 0 Å². The highest BCUT2D eigenvalue weighted by atomic mass is 14.9. The molecule has 2 aromatic carbocycles. The molecule has 3 heteroatoms. The predicted octanol–water partition coefficient (Wildman–Crippen LogP) is 5.61. The van der Waals surface area contributed by atoms with E-state index in [0.717, 1.165) is 40.0 Å². The van der Waals surface area contributed by atoms with Crippen molar-refractivity contribution < 1.29 is 0 Å². The summed E-state index contributed by atoms with van der Waals surface area (Å²) >= 11 is 0. The Kier molecular flexibility index (Phi) is 3.49. The Morgan fingerprint density at radius 2 is 1.77 bits per heavy atom. The summed E-state index contributed by atoms with van der Waals surface area (Å²) in [5.41, 5.74) is 7.80. The first-order valence-corrected chi connectivity index (χ1v) is 8.73. The predicted molar refractivity (Wildman–Crippen MR) is 107 cm³/mol. The fourth-order valence-electron chi connectivity index (χ4n) is 3.43. The zero-order valence-corrected chi connectivity index (χ0v) is 14.2. The maximum absolute atomic E-state index is 4.83. The van der Waals surface area contributed by atoms with Gasteiger partial charge in [-0.2, -0.15) is 0 Å². The molecule has 0 bridgehead atoms. The Hall–Kier alpha value is -3.46. The summed E-state index contributed by atoms with van der Waals surface area (Å²) in [6.45, 7) is 0. The van der Waals surface area contributed by atoms with E-state index in [0.29, 0.717) is 0 Å². The summed E-state index contributed by atoms with van der Waals surface area (Å²) in [5.74, 6) is 0. The second kappa shape index (κ2) is 6.12. The van der Waals surface area contributed by atoms with E-state index >= 15 is 0 Å². The third kappa shape index (κ3) is 2.64. The number of anilines is 2. The van der Waals surface area contributed by atoms with Gasteiger partial charge >= 0.3 is 0 Å². The monoisotopic (exact) mass is 335 g/mol. The Bertz CT molecular complexity index is 1130. The van der Waals surface area contributed by atoms with Gasteiger partial charge < -0.3 is 5.32 Å². The molecule has 1 aliphatic rings. The van der Waals surface area contributed by atoms with E-state index in [9.17, 15) is 0 Å². The van der Waals surface area contributed by atoms with E-state index in [1.807, 2.05) is 24.3 Å². The Morgan fingerprint density at radius 3 is 2.69 bits per heavy atom. The van der Waals surface area contributed by atoms with Gasteiger partial charge in [0.25, 0.3) is 0 Å². The molecule has 0 radical (unpaired) electrons. The first-order chi connectivity index (χ1) is 12.9. The van der Waals surface area contributed by atoms with E-state index in [-0.39, 0.29) is 0 Å². The highest BCUT2D eigenvalue weighted by Crippen LogP contribution is 2.31. The van der Waals surface area contributed by atoms with Gasteiger partial charge in [0.15, 0.2) is 0 Å². The molecule has 1 N–H and O–H groups in total. The van der Waals surface area contributed by atoms with Crippen LogP contribution in [0.15, 0.2) is 79.1 Å². The SMILES string of the molecule is C1=Cc2cc(Nc3cc(-c4ccncc4)nc4ccccc34)ccc2C1. The minimum Gasteiger partial charge on any atom is -0.355 e. The first-order valence-electron chi connectivity index (χ1n) is 8.73. The summed E-state index contributed by atoms with van der Waals surface area (Å²) < 4.78 is 0.